The van der Waals surface area contributed by atoms with Crippen molar-refractivity contribution in [3.63, 3.8) is 0 Å². The van der Waals surface area contributed by atoms with E-state index < -0.39 is 5.66 Å². The summed E-state index contributed by atoms with van der Waals surface area (Å²) in [5.41, 5.74) is 12.2. The topological polar surface area (TPSA) is 52.0 Å². The van der Waals surface area contributed by atoms with Crippen LogP contribution in [0.4, 0.5) is 0 Å². The van der Waals surface area contributed by atoms with Gasteiger partial charge in [0.2, 0.25) is 0 Å². The average Bonchev–Trinajstić information content (AvgIpc) is 1.78. The molecule has 1 rings (SSSR count). The average molecular weight is 126 g/mol. The first kappa shape index (κ1) is 6.78. The molecule has 0 unspecified atom stereocenters. The summed E-state index contributed by atoms with van der Waals surface area (Å²) in [5, 5.41) is 0. The van der Waals surface area contributed by atoms with E-state index in [-0.39, 0.29) is 0 Å². The lowest BCUT2D eigenvalue weighted by atomic mass is 9.88. The molecule has 0 aromatic rings. The molecule has 0 aromatic carbocycles. The van der Waals surface area contributed by atoms with Gasteiger partial charge in [-0.1, -0.05) is 12.2 Å². The minimum atomic E-state index is -0.402. The zero-order valence-electron chi connectivity index (χ0n) is 5.69. The Balaban J connectivity index is 2.44. The fourth-order valence-corrected chi connectivity index (χ4v) is 1.07. The molecule has 0 bridgehead atoms. The third kappa shape index (κ3) is 1.80. The number of hydrogen-bond donors (Lipinski definition) is 2. The molecule has 1 aliphatic rings. The molecule has 0 aromatic heterocycles. The largest absolute Gasteiger partial charge is 0.313 e. The second kappa shape index (κ2) is 2.12. The van der Waals surface area contributed by atoms with Crippen molar-refractivity contribution in [2.75, 3.05) is 0 Å². The van der Waals surface area contributed by atoms with Gasteiger partial charge in [0.05, 0.1) is 5.66 Å². The van der Waals surface area contributed by atoms with E-state index in [4.69, 9.17) is 11.5 Å². The molecule has 0 amide bonds. The van der Waals surface area contributed by atoms with Gasteiger partial charge in [0, 0.05) is 0 Å². The van der Waals surface area contributed by atoms with Crippen molar-refractivity contribution in [3.8, 4) is 0 Å². The van der Waals surface area contributed by atoms with Crippen molar-refractivity contribution in [1.29, 1.82) is 0 Å². The van der Waals surface area contributed by atoms with E-state index in [1.807, 2.05) is 0 Å². The predicted octanol–water partition coefficient (Wildman–Crippen LogP) is 0.730. The highest BCUT2D eigenvalue weighted by Gasteiger charge is 2.22. The van der Waals surface area contributed by atoms with E-state index in [2.05, 4.69) is 6.58 Å². The van der Waals surface area contributed by atoms with Gasteiger partial charge in [-0.25, -0.2) is 0 Å². The number of nitrogens with two attached hydrogens (primary N) is 2. The summed E-state index contributed by atoms with van der Waals surface area (Å²) >= 11 is 0. The van der Waals surface area contributed by atoms with E-state index in [1.54, 1.807) is 0 Å². The van der Waals surface area contributed by atoms with Crippen LogP contribution in [0.25, 0.3) is 0 Å². The second-order valence-electron chi connectivity index (χ2n) is 2.98. The molecule has 9 heavy (non-hydrogen) atoms. The monoisotopic (exact) mass is 126 g/mol. The Morgan fingerprint density at radius 2 is 1.67 bits per heavy atom. The molecule has 0 aliphatic heterocycles. The van der Waals surface area contributed by atoms with Crippen LogP contribution in [-0.4, -0.2) is 5.66 Å². The molecular formula is C7H14N2. The zero-order valence-corrected chi connectivity index (χ0v) is 5.69. The molecule has 0 heterocycles. The SMILES string of the molecule is C=C1CCC(N)(N)CC1. The summed E-state index contributed by atoms with van der Waals surface area (Å²) in [6.45, 7) is 3.87. The number of rotatable bonds is 0. The first-order chi connectivity index (χ1) is 4.10. The fourth-order valence-electron chi connectivity index (χ4n) is 1.07. The van der Waals surface area contributed by atoms with Crippen molar-refractivity contribution in [2.45, 2.75) is 31.3 Å². The quantitative estimate of drug-likeness (QED) is 0.371. The molecule has 0 atom stereocenters. The standard InChI is InChI=1S/C7H14N2/c1-6-2-4-7(8,9)5-3-6/h1-5,8-9H2. The Morgan fingerprint density at radius 1 is 1.22 bits per heavy atom. The van der Waals surface area contributed by atoms with Crippen LogP contribution in [0, 0.1) is 0 Å². The van der Waals surface area contributed by atoms with Gasteiger partial charge in [-0.15, -0.1) is 0 Å². The van der Waals surface area contributed by atoms with Gasteiger partial charge < -0.3 is 11.5 Å². The van der Waals surface area contributed by atoms with Crippen molar-refractivity contribution in [3.05, 3.63) is 12.2 Å². The molecule has 0 spiro atoms. The van der Waals surface area contributed by atoms with Crippen LogP contribution >= 0.6 is 0 Å². The van der Waals surface area contributed by atoms with Crippen LogP contribution in [0.1, 0.15) is 25.7 Å². The Morgan fingerprint density at radius 3 is 2.00 bits per heavy atom. The molecule has 0 saturated heterocycles. The lowest BCUT2D eigenvalue weighted by Crippen LogP contribution is -2.50. The normalized spacial score (nSPS) is 26.2. The highest BCUT2D eigenvalue weighted by atomic mass is 14.9. The summed E-state index contributed by atoms with van der Waals surface area (Å²) in [6, 6.07) is 0. The van der Waals surface area contributed by atoms with E-state index >= 15 is 0 Å². The minimum absolute atomic E-state index is 0.402. The Bertz CT molecular complexity index is 115. The van der Waals surface area contributed by atoms with Crippen LogP contribution in [0.3, 0.4) is 0 Å². The molecule has 4 N–H and O–H groups in total. The molecule has 1 fully saturated rings. The molecule has 1 saturated carbocycles. The Hall–Kier alpha value is -0.340. The second-order valence-corrected chi connectivity index (χ2v) is 2.98. The van der Waals surface area contributed by atoms with Gasteiger partial charge in [0.25, 0.3) is 0 Å². The van der Waals surface area contributed by atoms with Crippen LogP contribution in [0.15, 0.2) is 12.2 Å². The van der Waals surface area contributed by atoms with Crippen LogP contribution in [0.5, 0.6) is 0 Å². The van der Waals surface area contributed by atoms with Crippen molar-refractivity contribution in [2.24, 2.45) is 11.5 Å². The van der Waals surface area contributed by atoms with Crippen molar-refractivity contribution >= 4 is 0 Å². The smallest absolute Gasteiger partial charge is 0.0642 e. The molecule has 2 nitrogen and oxygen atoms in total. The molecular weight excluding hydrogens is 112 g/mol. The fraction of sp³-hybridized carbons (Fsp3) is 0.714. The first-order valence-corrected chi connectivity index (χ1v) is 3.35. The zero-order chi connectivity index (χ0) is 6.91. The van der Waals surface area contributed by atoms with Gasteiger partial charge in [0.15, 0.2) is 0 Å². The molecule has 2 heteroatoms. The maximum Gasteiger partial charge on any atom is 0.0642 e. The third-order valence-electron chi connectivity index (χ3n) is 1.89. The Labute approximate surface area is 55.9 Å². The van der Waals surface area contributed by atoms with E-state index in [9.17, 15) is 0 Å². The highest BCUT2D eigenvalue weighted by molar-refractivity contribution is 5.02. The summed E-state index contributed by atoms with van der Waals surface area (Å²) < 4.78 is 0. The van der Waals surface area contributed by atoms with E-state index in [1.165, 1.54) is 5.57 Å². The first-order valence-electron chi connectivity index (χ1n) is 3.35. The third-order valence-corrected chi connectivity index (χ3v) is 1.89. The van der Waals surface area contributed by atoms with Gasteiger partial charge in [0.1, 0.15) is 0 Å². The van der Waals surface area contributed by atoms with Crippen LogP contribution < -0.4 is 11.5 Å². The van der Waals surface area contributed by atoms with Gasteiger partial charge in [-0.3, -0.25) is 0 Å². The Kier molecular flexibility index (Phi) is 1.60. The maximum atomic E-state index is 5.68. The summed E-state index contributed by atoms with van der Waals surface area (Å²) in [6.07, 6.45) is 3.80. The lowest BCUT2D eigenvalue weighted by Gasteiger charge is -2.29. The number of allylic oxidation sites excluding steroid dienone is 1. The highest BCUT2D eigenvalue weighted by Crippen LogP contribution is 2.24. The van der Waals surface area contributed by atoms with Crippen molar-refractivity contribution < 1.29 is 0 Å². The summed E-state index contributed by atoms with van der Waals surface area (Å²) in [5.74, 6) is 0. The van der Waals surface area contributed by atoms with Crippen LogP contribution in [-0.2, 0) is 0 Å². The number of hydrogen-bond acceptors (Lipinski definition) is 2. The molecule has 1 aliphatic carbocycles. The van der Waals surface area contributed by atoms with Gasteiger partial charge in [-0.05, 0) is 25.7 Å². The van der Waals surface area contributed by atoms with Crippen LogP contribution in [0.2, 0.25) is 0 Å². The summed E-state index contributed by atoms with van der Waals surface area (Å²) in [7, 11) is 0. The molecule has 52 valence electrons. The predicted molar refractivity (Wildman–Crippen MR) is 38.7 cm³/mol. The van der Waals surface area contributed by atoms with Crippen molar-refractivity contribution in [1.82, 2.24) is 0 Å². The van der Waals surface area contributed by atoms with Gasteiger partial charge >= 0.3 is 0 Å². The lowest BCUT2D eigenvalue weighted by molar-refractivity contribution is 0.346. The molecule has 0 radical (unpaired) electrons. The van der Waals surface area contributed by atoms with E-state index in [0.717, 1.165) is 25.7 Å². The maximum absolute atomic E-state index is 5.68. The van der Waals surface area contributed by atoms with E-state index in [0.29, 0.717) is 0 Å². The minimum Gasteiger partial charge on any atom is -0.313 e. The summed E-state index contributed by atoms with van der Waals surface area (Å²) in [4.78, 5) is 0. The van der Waals surface area contributed by atoms with Gasteiger partial charge in [-0.2, -0.15) is 0 Å².